The monoisotopic (exact) mass is 268 g/mol. The lowest BCUT2D eigenvalue weighted by Crippen LogP contribution is -2.39. The van der Waals surface area contributed by atoms with Crippen LogP contribution in [0.4, 0.5) is 13.2 Å². The van der Waals surface area contributed by atoms with Crippen molar-refractivity contribution in [1.29, 1.82) is 0 Å². The van der Waals surface area contributed by atoms with E-state index in [4.69, 9.17) is 0 Å². The van der Waals surface area contributed by atoms with E-state index in [0.29, 0.717) is 12.6 Å². The average molecular weight is 268 g/mol. The molecule has 0 aromatic heterocycles. The number of likely N-dealkylation sites (N-methyl/N-ethyl adjacent to an activating group) is 1. The standard InChI is InChI=1S/C11H19F3N2O2/c1-16(7-9-3-2-5-15-9)10(17)4-6-18-8-11(12,13)14/h9,15H,2-8H2,1H3. The summed E-state index contributed by atoms with van der Waals surface area (Å²) in [5.41, 5.74) is 0. The van der Waals surface area contributed by atoms with Crippen molar-refractivity contribution in [3.63, 3.8) is 0 Å². The Morgan fingerprint density at radius 3 is 2.78 bits per heavy atom. The molecule has 1 heterocycles. The van der Waals surface area contributed by atoms with Crippen LogP contribution in [0.2, 0.25) is 0 Å². The molecule has 18 heavy (non-hydrogen) atoms. The SMILES string of the molecule is CN(CC1CCCN1)C(=O)CCOCC(F)(F)F. The minimum absolute atomic E-state index is 0.0146. The maximum Gasteiger partial charge on any atom is 0.411 e. The van der Waals surface area contributed by atoms with Gasteiger partial charge in [-0.2, -0.15) is 13.2 Å². The Labute approximate surface area is 104 Å². The van der Waals surface area contributed by atoms with Crippen molar-refractivity contribution in [2.75, 3.05) is 33.4 Å². The van der Waals surface area contributed by atoms with Gasteiger partial charge in [0.15, 0.2) is 0 Å². The third-order valence-electron chi connectivity index (χ3n) is 2.81. The molecule has 1 N–H and O–H groups in total. The maximum absolute atomic E-state index is 11.8. The zero-order chi connectivity index (χ0) is 13.6. The Morgan fingerprint density at radius 1 is 1.50 bits per heavy atom. The summed E-state index contributed by atoms with van der Waals surface area (Å²) in [6.07, 6.45) is -2.22. The van der Waals surface area contributed by atoms with Crippen molar-refractivity contribution < 1.29 is 22.7 Å². The van der Waals surface area contributed by atoms with Crippen LogP contribution in [0, 0.1) is 0 Å². The summed E-state index contributed by atoms with van der Waals surface area (Å²) in [6, 6.07) is 0.301. The number of carbonyl (C=O) groups is 1. The minimum Gasteiger partial charge on any atom is -0.372 e. The van der Waals surface area contributed by atoms with Crippen molar-refractivity contribution in [2.24, 2.45) is 0 Å². The van der Waals surface area contributed by atoms with Gasteiger partial charge in [-0.15, -0.1) is 0 Å². The van der Waals surface area contributed by atoms with E-state index in [0.717, 1.165) is 19.4 Å². The topological polar surface area (TPSA) is 41.6 Å². The van der Waals surface area contributed by atoms with Gasteiger partial charge in [-0.05, 0) is 19.4 Å². The van der Waals surface area contributed by atoms with E-state index in [2.05, 4.69) is 10.1 Å². The summed E-state index contributed by atoms with van der Waals surface area (Å²) in [5, 5.41) is 3.26. The van der Waals surface area contributed by atoms with Gasteiger partial charge in [-0.25, -0.2) is 0 Å². The predicted molar refractivity (Wildman–Crippen MR) is 60.2 cm³/mol. The Balaban J connectivity index is 2.11. The van der Waals surface area contributed by atoms with Gasteiger partial charge in [-0.1, -0.05) is 0 Å². The van der Waals surface area contributed by atoms with Crippen molar-refractivity contribution in [3.05, 3.63) is 0 Å². The molecule has 1 amide bonds. The van der Waals surface area contributed by atoms with Crippen LogP contribution in [0.3, 0.4) is 0 Å². The molecule has 0 bridgehead atoms. The molecule has 0 aromatic carbocycles. The average Bonchev–Trinajstić information content (AvgIpc) is 2.75. The van der Waals surface area contributed by atoms with Crippen LogP contribution in [0.1, 0.15) is 19.3 Å². The van der Waals surface area contributed by atoms with Crippen LogP contribution in [0.15, 0.2) is 0 Å². The first-order valence-electron chi connectivity index (χ1n) is 6.00. The van der Waals surface area contributed by atoms with Crippen molar-refractivity contribution >= 4 is 5.91 Å². The van der Waals surface area contributed by atoms with Crippen LogP contribution in [0.5, 0.6) is 0 Å². The summed E-state index contributed by atoms with van der Waals surface area (Å²) in [4.78, 5) is 13.1. The molecule has 1 aliphatic rings. The molecule has 1 atom stereocenters. The summed E-state index contributed by atoms with van der Waals surface area (Å²) in [7, 11) is 1.66. The first kappa shape index (κ1) is 15.2. The molecule has 1 aliphatic heterocycles. The van der Waals surface area contributed by atoms with E-state index >= 15 is 0 Å². The Kier molecular flexibility index (Phi) is 5.87. The third-order valence-corrected chi connectivity index (χ3v) is 2.81. The summed E-state index contributed by atoms with van der Waals surface area (Å²) in [5.74, 6) is -0.189. The highest BCUT2D eigenvalue weighted by Crippen LogP contribution is 2.14. The largest absolute Gasteiger partial charge is 0.411 e. The van der Waals surface area contributed by atoms with Gasteiger partial charge >= 0.3 is 6.18 Å². The lowest BCUT2D eigenvalue weighted by molar-refractivity contribution is -0.175. The number of carbonyl (C=O) groups excluding carboxylic acids is 1. The molecular weight excluding hydrogens is 249 g/mol. The normalized spacial score (nSPS) is 20.1. The number of nitrogens with zero attached hydrogens (tertiary/aromatic N) is 1. The highest BCUT2D eigenvalue weighted by Gasteiger charge is 2.27. The number of hydrogen-bond acceptors (Lipinski definition) is 3. The van der Waals surface area contributed by atoms with Crippen LogP contribution >= 0.6 is 0 Å². The lowest BCUT2D eigenvalue weighted by Gasteiger charge is -2.21. The maximum atomic E-state index is 11.8. The van der Waals surface area contributed by atoms with E-state index in [1.54, 1.807) is 11.9 Å². The smallest absolute Gasteiger partial charge is 0.372 e. The Bertz CT molecular complexity index is 266. The lowest BCUT2D eigenvalue weighted by atomic mass is 10.2. The molecule has 4 nitrogen and oxygen atoms in total. The molecule has 0 saturated carbocycles. The fourth-order valence-corrected chi connectivity index (χ4v) is 1.88. The molecular formula is C11H19F3N2O2. The molecule has 0 aliphatic carbocycles. The second-order valence-electron chi connectivity index (χ2n) is 4.49. The second-order valence-corrected chi connectivity index (χ2v) is 4.49. The van der Waals surface area contributed by atoms with E-state index in [9.17, 15) is 18.0 Å². The molecule has 7 heteroatoms. The van der Waals surface area contributed by atoms with Gasteiger partial charge in [0.25, 0.3) is 0 Å². The molecule has 0 aromatic rings. The van der Waals surface area contributed by atoms with E-state index < -0.39 is 12.8 Å². The van der Waals surface area contributed by atoms with E-state index in [-0.39, 0.29) is 18.9 Å². The zero-order valence-corrected chi connectivity index (χ0v) is 10.4. The van der Waals surface area contributed by atoms with Gasteiger partial charge in [0.05, 0.1) is 13.0 Å². The highest BCUT2D eigenvalue weighted by molar-refractivity contribution is 5.76. The van der Waals surface area contributed by atoms with Crippen LogP contribution in [-0.4, -0.2) is 56.4 Å². The summed E-state index contributed by atoms with van der Waals surface area (Å²) >= 11 is 0. The summed E-state index contributed by atoms with van der Waals surface area (Å²) in [6.45, 7) is 0.0639. The number of nitrogens with one attached hydrogen (secondary N) is 1. The van der Waals surface area contributed by atoms with Gasteiger partial charge in [0.1, 0.15) is 6.61 Å². The molecule has 1 unspecified atom stereocenters. The van der Waals surface area contributed by atoms with Gasteiger partial charge < -0.3 is 15.0 Å². The van der Waals surface area contributed by atoms with Crippen LogP contribution in [-0.2, 0) is 9.53 Å². The molecule has 1 fully saturated rings. The minimum atomic E-state index is -4.33. The van der Waals surface area contributed by atoms with Gasteiger partial charge in [-0.3, -0.25) is 4.79 Å². The van der Waals surface area contributed by atoms with Crippen molar-refractivity contribution in [1.82, 2.24) is 10.2 Å². The van der Waals surface area contributed by atoms with Gasteiger partial charge in [0, 0.05) is 19.6 Å². The molecule has 1 saturated heterocycles. The molecule has 0 spiro atoms. The zero-order valence-electron chi connectivity index (χ0n) is 10.4. The fraction of sp³-hybridized carbons (Fsp3) is 0.909. The number of hydrogen-bond donors (Lipinski definition) is 1. The van der Waals surface area contributed by atoms with E-state index in [1.807, 2.05) is 0 Å². The number of rotatable bonds is 6. The number of alkyl halides is 3. The first-order valence-corrected chi connectivity index (χ1v) is 6.00. The fourth-order valence-electron chi connectivity index (χ4n) is 1.88. The van der Waals surface area contributed by atoms with Crippen molar-refractivity contribution in [2.45, 2.75) is 31.5 Å². The number of amides is 1. The molecule has 0 radical (unpaired) electrons. The van der Waals surface area contributed by atoms with Crippen LogP contribution in [0.25, 0.3) is 0 Å². The number of ether oxygens (including phenoxy) is 1. The predicted octanol–water partition coefficient (Wildman–Crippen LogP) is 1.17. The summed E-state index contributed by atoms with van der Waals surface area (Å²) < 4.78 is 39.7. The first-order chi connectivity index (χ1) is 8.38. The quantitative estimate of drug-likeness (QED) is 0.735. The second kappa shape index (κ2) is 6.94. The van der Waals surface area contributed by atoms with Gasteiger partial charge in [0.2, 0.25) is 5.91 Å². The number of halogens is 3. The molecule has 106 valence electrons. The van der Waals surface area contributed by atoms with Crippen molar-refractivity contribution in [3.8, 4) is 0 Å². The Hall–Kier alpha value is -0.820. The Morgan fingerprint density at radius 2 is 2.22 bits per heavy atom. The van der Waals surface area contributed by atoms with Crippen LogP contribution < -0.4 is 5.32 Å². The van der Waals surface area contributed by atoms with E-state index in [1.165, 1.54) is 0 Å². The molecule has 1 rings (SSSR count). The third kappa shape index (κ3) is 6.20. The highest BCUT2D eigenvalue weighted by atomic mass is 19.4.